The van der Waals surface area contributed by atoms with Crippen LogP contribution in [0.2, 0.25) is 0 Å². The van der Waals surface area contributed by atoms with Crippen molar-refractivity contribution in [2.24, 2.45) is 17.3 Å². The van der Waals surface area contributed by atoms with Crippen LogP contribution in [-0.2, 0) is 0 Å². The quantitative estimate of drug-likeness (QED) is 0.812. The van der Waals surface area contributed by atoms with Crippen molar-refractivity contribution in [2.45, 2.75) is 58.3 Å². The zero-order valence-corrected chi connectivity index (χ0v) is 12.3. The fourth-order valence-electron chi connectivity index (χ4n) is 4.01. The summed E-state index contributed by atoms with van der Waals surface area (Å²) in [4.78, 5) is 2.50. The third-order valence-electron chi connectivity index (χ3n) is 5.32. The Hall–Kier alpha value is -0.0800. The Morgan fingerprint density at radius 1 is 1.11 bits per heavy atom. The molecule has 2 aliphatic carbocycles. The summed E-state index contributed by atoms with van der Waals surface area (Å²) in [5.74, 6) is 1.79. The fourth-order valence-corrected chi connectivity index (χ4v) is 4.01. The summed E-state index contributed by atoms with van der Waals surface area (Å²) in [6, 6.07) is 0. The molecule has 0 aliphatic heterocycles. The number of hydrogen-bond donors (Lipinski definition) is 1. The van der Waals surface area contributed by atoms with Crippen LogP contribution in [-0.4, -0.2) is 36.8 Å². The Bertz CT molecular complexity index is 239. The molecule has 2 heteroatoms. The molecule has 2 aliphatic rings. The number of nitrogens with zero attached hydrogens (tertiary/aromatic N) is 1. The summed E-state index contributed by atoms with van der Waals surface area (Å²) in [6.45, 7) is 5.09. The van der Waals surface area contributed by atoms with E-state index >= 15 is 0 Å². The Morgan fingerprint density at radius 3 is 2.28 bits per heavy atom. The molecular formula is C16H31NO. The predicted octanol–water partition coefficient (Wildman–Crippen LogP) is 3.30. The summed E-state index contributed by atoms with van der Waals surface area (Å²) in [7, 11) is 2.26. The molecule has 0 aromatic rings. The molecule has 2 saturated carbocycles. The average Bonchev–Trinajstić information content (AvgIpc) is 2.85. The lowest BCUT2D eigenvalue weighted by Crippen LogP contribution is -2.42. The van der Waals surface area contributed by atoms with Crippen LogP contribution in [0.4, 0.5) is 0 Å². The van der Waals surface area contributed by atoms with Crippen molar-refractivity contribution in [1.29, 1.82) is 0 Å². The van der Waals surface area contributed by atoms with E-state index in [2.05, 4.69) is 18.9 Å². The summed E-state index contributed by atoms with van der Waals surface area (Å²) in [5, 5.41) is 9.81. The van der Waals surface area contributed by atoms with Crippen LogP contribution in [0.3, 0.4) is 0 Å². The molecule has 106 valence electrons. The molecule has 1 N–H and O–H groups in total. The van der Waals surface area contributed by atoms with E-state index in [1.807, 2.05) is 0 Å². The van der Waals surface area contributed by atoms with Gasteiger partial charge in [-0.05, 0) is 44.6 Å². The zero-order valence-electron chi connectivity index (χ0n) is 12.3. The molecule has 0 amide bonds. The Labute approximate surface area is 113 Å². The highest BCUT2D eigenvalue weighted by Crippen LogP contribution is 2.39. The van der Waals surface area contributed by atoms with Crippen molar-refractivity contribution < 1.29 is 5.11 Å². The summed E-state index contributed by atoms with van der Waals surface area (Å²) in [6.07, 6.45) is 10.8. The highest BCUT2D eigenvalue weighted by molar-refractivity contribution is 4.87. The lowest BCUT2D eigenvalue weighted by Gasteiger charge is -2.41. The van der Waals surface area contributed by atoms with Gasteiger partial charge in [-0.3, -0.25) is 0 Å². The first-order chi connectivity index (χ1) is 8.63. The van der Waals surface area contributed by atoms with E-state index in [1.165, 1.54) is 57.9 Å². The largest absolute Gasteiger partial charge is 0.396 e. The van der Waals surface area contributed by atoms with Gasteiger partial charge in [-0.1, -0.05) is 32.6 Å². The Balaban J connectivity index is 1.81. The van der Waals surface area contributed by atoms with Crippen molar-refractivity contribution >= 4 is 0 Å². The van der Waals surface area contributed by atoms with Crippen LogP contribution in [0, 0.1) is 17.3 Å². The van der Waals surface area contributed by atoms with Crippen LogP contribution >= 0.6 is 0 Å². The molecule has 0 radical (unpaired) electrons. The zero-order chi connectivity index (χ0) is 13.0. The van der Waals surface area contributed by atoms with Gasteiger partial charge in [-0.15, -0.1) is 0 Å². The first kappa shape index (κ1) is 14.3. The third-order valence-corrected chi connectivity index (χ3v) is 5.32. The second-order valence-corrected chi connectivity index (χ2v) is 7.19. The van der Waals surface area contributed by atoms with Crippen molar-refractivity contribution in [1.82, 2.24) is 4.90 Å². The minimum atomic E-state index is 0.208. The third kappa shape index (κ3) is 3.71. The van der Waals surface area contributed by atoms with Gasteiger partial charge < -0.3 is 10.0 Å². The van der Waals surface area contributed by atoms with Crippen LogP contribution < -0.4 is 0 Å². The molecule has 2 nitrogen and oxygen atoms in total. The Kier molecular flexibility index (Phi) is 5.08. The summed E-state index contributed by atoms with van der Waals surface area (Å²) in [5.41, 5.74) is 0.208. The number of aliphatic hydroxyl groups excluding tert-OH is 1. The number of hydrogen-bond acceptors (Lipinski definition) is 2. The first-order valence-electron chi connectivity index (χ1n) is 7.93. The van der Waals surface area contributed by atoms with Crippen molar-refractivity contribution in [3.05, 3.63) is 0 Å². The number of rotatable bonds is 5. The monoisotopic (exact) mass is 253 g/mol. The molecule has 0 unspecified atom stereocenters. The van der Waals surface area contributed by atoms with Crippen LogP contribution in [0.15, 0.2) is 0 Å². The molecule has 2 rings (SSSR count). The van der Waals surface area contributed by atoms with Crippen molar-refractivity contribution in [3.63, 3.8) is 0 Å². The van der Waals surface area contributed by atoms with Crippen LogP contribution in [0.1, 0.15) is 58.3 Å². The molecule has 0 atom stereocenters. The molecule has 0 heterocycles. The lowest BCUT2D eigenvalue weighted by atomic mass is 9.71. The molecular weight excluding hydrogens is 222 g/mol. The summed E-state index contributed by atoms with van der Waals surface area (Å²) < 4.78 is 0. The minimum absolute atomic E-state index is 0.208. The first-order valence-corrected chi connectivity index (χ1v) is 7.93. The lowest BCUT2D eigenvalue weighted by molar-refractivity contribution is 0.0329. The van der Waals surface area contributed by atoms with Gasteiger partial charge in [0.15, 0.2) is 0 Å². The SMILES string of the molecule is CC1CCC(CO)(CN(C)CC2CCCC2)CC1. The van der Waals surface area contributed by atoms with E-state index in [1.54, 1.807) is 0 Å². The highest BCUT2D eigenvalue weighted by atomic mass is 16.3. The smallest absolute Gasteiger partial charge is 0.0499 e. The molecule has 0 spiro atoms. The van der Waals surface area contributed by atoms with Gasteiger partial charge in [0, 0.05) is 25.1 Å². The van der Waals surface area contributed by atoms with E-state index < -0.39 is 0 Å². The average molecular weight is 253 g/mol. The summed E-state index contributed by atoms with van der Waals surface area (Å²) >= 11 is 0. The molecule has 18 heavy (non-hydrogen) atoms. The standard InChI is InChI=1S/C16H31NO/c1-14-7-9-16(13-18,10-8-14)12-17(2)11-15-5-3-4-6-15/h14-15,18H,3-13H2,1-2H3. The fraction of sp³-hybridized carbons (Fsp3) is 1.00. The van der Waals surface area contributed by atoms with Gasteiger partial charge in [0.05, 0.1) is 0 Å². The van der Waals surface area contributed by atoms with E-state index in [9.17, 15) is 5.11 Å². The number of aliphatic hydroxyl groups is 1. The Morgan fingerprint density at radius 2 is 1.72 bits per heavy atom. The van der Waals surface area contributed by atoms with Gasteiger partial charge in [0.25, 0.3) is 0 Å². The topological polar surface area (TPSA) is 23.5 Å². The van der Waals surface area contributed by atoms with Gasteiger partial charge in [-0.2, -0.15) is 0 Å². The van der Waals surface area contributed by atoms with Crippen molar-refractivity contribution in [3.8, 4) is 0 Å². The molecule has 0 aromatic heterocycles. The highest BCUT2D eigenvalue weighted by Gasteiger charge is 2.35. The van der Waals surface area contributed by atoms with E-state index in [-0.39, 0.29) is 5.41 Å². The van der Waals surface area contributed by atoms with E-state index in [0.29, 0.717) is 6.61 Å². The molecule has 2 fully saturated rings. The van der Waals surface area contributed by atoms with Gasteiger partial charge in [0.1, 0.15) is 0 Å². The maximum atomic E-state index is 9.81. The maximum absolute atomic E-state index is 9.81. The van der Waals surface area contributed by atoms with Gasteiger partial charge in [0.2, 0.25) is 0 Å². The van der Waals surface area contributed by atoms with Gasteiger partial charge in [-0.25, -0.2) is 0 Å². The molecule has 0 saturated heterocycles. The van der Waals surface area contributed by atoms with E-state index in [0.717, 1.165) is 18.4 Å². The van der Waals surface area contributed by atoms with Crippen LogP contribution in [0.5, 0.6) is 0 Å². The predicted molar refractivity (Wildman–Crippen MR) is 76.6 cm³/mol. The van der Waals surface area contributed by atoms with Gasteiger partial charge >= 0.3 is 0 Å². The van der Waals surface area contributed by atoms with Crippen LogP contribution in [0.25, 0.3) is 0 Å². The van der Waals surface area contributed by atoms with E-state index in [4.69, 9.17) is 0 Å². The molecule has 0 bridgehead atoms. The minimum Gasteiger partial charge on any atom is -0.396 e. The maximum Gasteiger partial charge on any atom is 0.0499 e. The normalized spacial score (nSPS) is 34.3. The van der Waals surface area contributed by atoms with Crippen molar-refractivity contribution in [2.75, 3.05) is 26.7 Å². The second kappa shape index (κ2) is 6.38. The molecule has 0 aromatic carbocycles. The second-order valence-electron chi connectivity index (χ2n) is 7.19.